The largest absolute Gasteiger partial charge is 0.315 e. The zero-order valence-corrected chi connectivity index (χ0v) is 12.6. The van der Waals surface area contributed by atoms with Crippen molar-refractivity contribution < 1.29 is 0 Å². The summed E-state index contributed by atoms with van der Waals surface area (Å²) in [6.45, 7) is 6.84. The van der Waals surface area contributed by atoms with Crippen molar-refractivity contribution >= 4 is 11.6 Å². The number of hydrogen-bond acceptors (Lipinski definition) is 2. The SMILES string of the molecule is CCCCC(c1cccc(Cl)c1)N1CCCNCC1. The monoisotopic (exact) mass is 280 g/mol. The summed E-state index contributed by atoms with van der Waals surface area (Å²) < 4.78 is 0. The third kappa shape index (κ3) is 4.48. The number of rotatable bonds is 5. The molecule has 0 amide bonds. The maximum atomic E-state index is 6.16. The normalized spacial score (nSPS) is 19.1. The second-order valence-electron chi connectivity index (χ2n) is 5.35. The van der Waals surface area contributed by atoms with E-state index < -0.39 is 0 Å². The highest BCUT2D eigenvalue weighted by atomic mass is 35.5. The molecule has 1 saturated heterocycles. The number of nitrogens with one attached hydrogen (secondary N) is 1. The average Bonchev–Trinajstić information content (AvgIpc) is 2.68. The average molecular weight is 281 g/mol. The van der Waals surface area contributed by atoms with Crippen molar-refractivity contribution in [1.29, 1.82) is 0 Å². The van der Waals surface area contributed by atoms with E-state index in [1.807, 2.05) is 6.07 Å². The highest BCUT2D eigenvalue weighted by molar-refractivity contribution is 6.30. The third-order valence-electron chi connectivity index (χ3n) is 3.88. The summed E-state index contributed by atoms with van der Waals surface area (Å²) in [6.07, 6.45) is 5.00. The first-order valence-electron chi connectivity index (χ1n) is 7.51. The van der Waals surface area contributed by atoms with Crippen molar-refractivity contribution in [2.45, 2.75) is 38.6 Å². The van der Waals surface area contributed by atoms with Gasteiger partial charge in [0, 0.05) is 30.7 Å². The smallest absolute Gasteiger partial charge is 0.0409 e. The first kappa shape index (κ1) is 14.8. The Kier molecular flexibility index (Phi) is 6.15. The summed E-state index contributed by atoms with van der Waals surface area (Å²) in [5.41, 5.74) is 1.38. The van der Waals surface area contributed by atoms with Crippen LogP contribution in [0.25, 0.3) is 0 Å². The maximum absolute atomic E-state index is 6.16. The molecule has 1 unspecified atom stereocenters. The molecule has 1 aromatic carbocycles. The fourth-order valence-electron chi connectivity index (χ4n) is 2.85. The van der Waals surface area contributed by atoms with Gasteiger partial charge < -0.3 is 5.32 Å². The molecule has 1 aromatic rings. The van der Waals surface area contributed by atoms with Gasteiger partial charge in [-0.25, -0.2) is 0 Å². The van der Waals surface area contributed by atoms with Crippen LogP contribution < -0.4 is 5.32 Å². The van der Waals surface area contributed by atoms with Crippen molar-refractivity contribution in [1.82, 2.24) is 10.2 Å². The molecule has 1 heterocycles. The Morgan fingerprint density at radius 2 is 2.21 bits per heavy atom. The molecule has 1 atom stereocenters. The molecule has 0 aromatic heterocycles. The maximum Gasteiger partial charge on any atom is 0.0409 e. The van der Waals surface area contributed by atoms with Crippen molar-refractivity contribution in [3.05, 3.63) is 34.9 Å². The van der Waals surface area contributed by atoms with E-state index in [0.29, 0.717) is 6.04 Å². The van der Waals surface area contributed by atoms with Gasteiger partial charge in [0.1, 0.15) is 0 Å². The highest BCUT2D eigenvalue weighted by Crippen LogP contribution is 2.28. The number of halogens is 1. The predicted octanol–water partition coefficient (Wildman–Crippen LogP) is 3.87. The van der Waals surface area contributed by atoms with E-state index in [1.165, 1.54) is 37.8 Å². The fraction of sp³-hybridized carbons (Fsp3) is 0.625. The molecule has 2 rings (SSSR count). The zero-order chi connectivity index (χ0) is 13.5. The molecule has 0 bridgehead atoms. The number of hydrogen-bond donors (Lipinski definition) is 1. The summed E-state index contributed by atoms with van der Waals surface area (Å²) in [4.78, 5) is 2.63. The topological polar surface area (TPSA) is 15.3 Å². The minimum absolute atomic E-state index is 0.526. The van der Waals surface area contributed by atoms with E-state index >= 15 is 0 Å². The number of nitrogens with zero attached hydrogens (tertiary/aromatic N) is 1. The number of unbranched alkanes of at least 4 members (excludes halogenated alkanes) is 1. The molecule has 1 aliphatic rings. The Bertz CT molecular complexity index is 373. The van der Waals surface area contributed by atoms with Gasteiger partial charge in [0.15, 0.2) is 0 Å². The van der Waals surface area contributed by atoms with Gasteiger partial charge in [0.25, 0.3) is 0 Å². The van der Waals surface area contributed by atoms with Crippen LogP contribution in [0.15, 0.2) is 24.3 Å². The Balaban J connectivity index is 2.13. The summed E-state index contributed by atoms with van der Waals surface area (Å²) in [5, 5.41) is 4.34. The molecule has 0 spiro atoms. The molecule has 1 fully saturated rings. The van der Waals surface area contributed by atoms with Crippen molar-refractivity contribution in [2.24, 2.45) is 0 Å². The molecule has 19 heavy (non-hydrogen) atoms. The van der Waals surface area contributed by atoms with Gasteiger partial charge in [-0.2, -0.15) is 0 Å². The fourth-order valence-corrected chi connectivity index (χ4v) is 3.05. The van der Waals surface area contributed by atoms with Gasteiger partial charge in [-0.3, -0.25) is 4.90 Å². The minimum atomic E-state index is 0.526. The standard InChI is InChI=1S/C16H25ClN2/c1-2-3-8-16(14-6-4-7-15(17)13-14)19-11-5-9-18-10-12-19/h4,6-7,13,16,18H,2-3,5,8-12H2,1H3. The Labute approximate surface area is 122 Å². The van der Waals surface area contributed by atoms with E-state index in [9.17, 15) is 0 Å². The summed E-state index contributed by atoms with van der Waals surface area (Å²) in [6, 6.07) is 8.93. The highest BCUT2D eigenvalue weighted by Gasteiger charge is 2.20. The van der Waals surface area contributed by atoms with Crippen molar-refractivity contribution in [3.8, 4) is 0 Å². The van der Waals surface area contributed by atoms with Gasteiger partial charge in [-0.05, 0) is 37.1 Å². The van der Waals surface area contributed by atoms with Gasteiger partial charge >= 0.3 is 0 Å². The summed E-state index contributed by atoms with van der Waals surface area (Å²) >= 11 is 6.16. The lowest BCUT2D eigenvalue weighted by molar-refractivity contribution is 0.197. The second-order valence-corrected chi connectivity index (χ2v) is 5.79. The lowest BCUT2D eigenvalue weighted by atomic mass is 9.99. The predicted molar refractivity (Wildman–Crippen MR) is 82.8 cm³/mol. The lowest BCUT2D eigenvalue weighted by Crippen LogP contribution is -2.32. The van der Waals surface area contributed by atoms with Crippen LogP contribution in [0, 0.1) is 0 Å². The third-order valence-corrected chi connectivity index (χ3v) is 4.12. The van der Waals surface area contributed by atoms with Crippen LogP contribution in [0.4, 0.5) is 0 Å². The molecule has 1 N–H and O–H groups in total. The van der Waals surface area contributed by atoms with Crippen LogP contribution in [0.1, 0.15) is 44.2 Å². The van der Waals surface area contributed by atoms with E-state index in [1.54, 1.807) is 0 Å². The zero-order valence-electron chi connectivity index (χ0n) is 11.9. The van der Waals surface area contributed by atoms with Gasteiger partial charge in [-0.1, -0.05) is 43.5 Å². The first-order chi connectivity index (χ1) is 9.31. The summed E-state index contributed by atoms with van der Waals surface area (Å²) in [7, 11) is 0. The first-order valence-corrected chi connectivity index (χ1v) is 7.89. The molecule has 1 aliphatic heterocycles. The molecule has 0 saturated carbocycles. The Morgan fingerprint density at radius 3 is 3.00 bits per heavy atom. The molecule has 0 radical (unpaired) electrons. The molecule has 2 nitrogen and oxygen atoms in total. The minimum Gasteiger partial charge on any atom is -0.315 e. The molecule has 3 heteroatoms. The van der Waals surface area contributed by atoms with Crippen LogP contribution in [0.5, 0.6) is 0 Å². The quantitative estimate of drug-likeness (QED) is 0.881. The van der Waals surface area contributed by atoms with Crippen LogP contribution in [0.2, 0.25) is 5.02 Å². The van der Waals surface area contributed by atoms with Crippen LogP contribution >= 0.6 is 11.6 Å². The van der Waals surface area contributed by atoms with Gasteiger partial charge in [0.05, 0.1) is 0 Å². The van der Waals surface area contributed by atoms with Crippen LogP contribution in [-0.2, 0) is 0 Å². The lowest BCUT2D eigenvalue weighted by Gasteiger charge is -2.31. The molecular weight excluding hydrogens is 256 g/mol. The molecule has 0 aliphatic carbocycles. The van der Waals surface area contributed by atoms with Crippen molar-refractivity contribution in [2.75, 3.05) is 26.2 Å². The summed E-state index contributed by atoms with van der Waals surface area (Å²) in [5.74, 6) is 0. The van der Waals surface area contributed by atoms with Crippen molar-refractivity contribution in [3.63, 3.8) is 0 Å². The second kappa shape index (κ2) is 7.88. The van der Waals surface area contributed by atoms with Gasteiger partial charge in [0.2, 0.25) is 0 Å². The Hall–Kier alpha value is -0.570. The molecule has 106 valence electrons. The van der Waals surface area contributed by atoms with Crippen LogP contribution in [-0.4, -0.2) is 31.1 Å². The van der Waals surface area contributed by atoms with Gasteiger partial charge in [-0.15, -0.1) is 0 Å². The van der Waals surface area contributed by atoms with Crippen LogP contribution in [0.3, 0.4) is 0 Å². The number of benzene rings is 1. The van der Waals surface area contributed by atoms with E-state index in [2.05, 4.69) is 35.3 Å². The van der Waals surface area contributed by atoms with E-state index in [-0.39, 0.29) is 0 Å². The molecular formula is C16H25ClN2. The Morgan fingerprint density at radius 1 is 1.32 bits per heavy atom. The van der Waals surface area contributed by atoms with E-state index in [4.69, 9.17) is 11.6 Å². The van der Waals surface area contributed by atoms with E-state index in [0.717, 1.165) is 24.7 Å².